The van der Waals surface area contributed by atoms with E-state index in [0.717, 1.165) is 44.1 Å². The summed E-state index contributed by atoms with van der Waals surface area (Å²) < 4.78 is 0.365. The van der Waals surface area contributed by atoms with Crippen LogP contribution in [0.15, 0.2) is 60.7 Å². The Morgan fingerprint density at radius 3 is 2.31 bits per heavy atom. The Balaban J connectivity index is 1.58. The first-order chi connectivity index (χ1) is 14.1. The van der Waals surface area contributed by atoms with Crippen LogP contribution in [0.5, 0.6) is 0 Å². The van der Waals surface area contributed by atoms with Gasteiger partial charge < -0.3 is 14.8 Å². The normalized spacial score (nSPS) is 14.7. The maximum atomic E-state index is 12.3. The fraction of sp³-hybridized carbons (Fsp3) is 0.261. The van der Waals surface area contributed by atoms with E-state index in [2.05, 4.69) is 45.2 Å². The number of Topliss-reactive ketones (excluding diaryl/α,β-unsaturated/α-hetero) is 1. The van der Waals surface area contributed by atoms with Gasteiger partial charge in [0.15, 0.2) is 5.78 Å². The number of nitrogens with one attached hydrogen (secondary N) is 2. The summed E-state index contributed by atoms with van der Waals surface area (Å²) in [6.45, 7) is 6.34. The van der Waals surface area contributed by atoms with Gasteiger partial charge in [0, 0.05) is 11.1 Å². The maximum absolute atomic E-state index is 12.3. The first-order valence-electron chi connectivity index (χ1n) is 9.95. The van der Waals surface area contributed by atoms with Gasteiger partial charge in [-0.1, -0.05) is 72.9 Å². The first-order valence-corrected chi connectivity index (χ1v) is 10.4. The van der Waals surface area contributed by atoms with Crippen LogP contribution in [0.1, 0.15) is 22.8 Å². The number of hydrogen-bond donors (Lipinski definition) is 2. The number of anilines is 1. The average Bonchev–Trinajstić information content (AvgIpc) is 2.75. The molecule has 1 fully saturated rings. The molecule has 29 heavy (non-hydrogen) atoms. The molecule has 0 radical (unpaired) electrons. The SMILES string of the molecule is CC(=O)c1c(N2CC[NH+](Cc3ccccc3)CC2)[nH]c(-c2ccccc2)nc1=S. The number of nitrogens with zero attached hydrogens (tertiary/aromatic N) is 2. The van der Waals surface area contributed by atoms with Gasteiger partial charge in [0.2, 0.25) is 0 Å². The summed E-state index contributed by atoms with van der Waals surface area (Å²) in [5.74, 6) is 1.46. The molecule has 0 atom stereocenters. The number of ketones is 1. The van der Waals surface area contributed by atoms with Crippen LogP contribution in [0.3, 0.4) is 0 Å². The molecular formula is C23H25N4OS+. The van der Waals surface area contributed by atoms with Gasteiger partial charge in [-0.15, -0.1) is 0 Å². The predicted molar refractivity (Wildman–Crippen MR) is 118 cm³/mol. The second-order valence-electron chi connectivity index (χ2n) is 7.44. The van der Waals surface area contributed by atoms with Gasteiger partial charge >= 0.3 is 0 Å². The highest BCUT2D eigenvalue weighted by molar-refractivity contribution is 7.71. The van der Waals surface area contributed by atoms with E-state index < -0.39 is 0 Å². The highest BCUT2D eigenvalue weighted by atomic mass is 32.1. The molecule has 0 amide bonds. The van der Waals surface area contributed by atoms with Crippen molar-refractivity contribution < 1.29 is 9.69 Å². The molecule has 2 heterocycles. The largest absolute Gasteiger partial charge is 0.346 e. The van der Waals surface area contributed by atoms with Crippen LogP contribution >= 0.6 is 12.2 Å². The number of aromatic amines is 1. The fourth-order valence-corrected chi connectivity index (χ4v) is 4.19. The summed E-state index contributed by atoms with van der Waals surface area (Å²) in [5, 5.41) is 0. The van der Waals surface area contributed by atoms with Crippen LogP contribution in [0, 0.1) is 4.64 Å². The van der Waals surface area contributed by atoms with Crippen molar-refractivity contribution in [1.29, 1.82) is 0 Å². The summed E-state index contributed by atoms with van der Waals surface area (Å²) in [7, 11) is 0. The first kappa shape index (κ1) is 19.5. The van der Waals surface area contributed by atoms with Gasteiger partial charge in [-0.3, -0.25) is 4.79 Å². The van der Waals surface area contributed by atoms with Crippen LogP contribution in [0.4, 0.5) is 5.82 Å². The second-order valence-corrected chi connectivity index (χ2v) is 7.82. The van der Waals surface area contributed by atoms with E-state index in [-0.39, 0.29) is 5.78 Å². The van der Waals surface area contributed by atoms with Crippen LogP contribution in [0.2, 0.25) is 0 Å². The monoisotopic (exact) mass is 405 g/mol. The molecule has 1 saturated heterocycles. The minimum Gasteiger partial charge on any atom is -0.346 e. The molecule has 0 aliphatic carbocycles. The second kappa shape index (κ2) is 8.68. The Morgan fingerprint density at radius 1 is 1.07 bits per heavy atom. The Bertz CT molecular complexity index is 1040. The number of carbonyl (C=O) groups excluding carboxylic acids is 1. The van der Waals surface area contributed by atoms with Crippen molar-refractivity contribution in [3.8, 4) is 11.4 Å². The van der Waals surface area contributed by atoms with Gasteiger partial charge in [0.25, 0.3) is 0 Å². The minimum absolute atomic E-state index is 0.0487. The number of benzene rings is 2. The van der Waals surface area contributed by atoms with Crippen LogP contribution < -0.4 is 9.80 Å². The Labute approximate surface area is 176 Å². The lowest BCUT2D eigenvalue weighted by Gasteiger charge is -2.34. The van der Waals surface area contributed by atoms with E-state index >= 15 is 0 Å². The van der Waals surface area contributed by atoms with E-state index in [9.17, 15) is 4.79 Å². The molecule has 1 aromatic heterocycles. The fourth-order valence-electron chi connectivity index (χ4n) is 3.86. The molecule has 148 valence electrons. The number of piperazine rings is 1. The van der Waals surface area contributed by atoms with Crippen molar-refractivity contribution in [2.24, 2.45) is 0 Å². The molecule has 0 saturated carbocycles. The van der Waals surface area contributed by atoms with Crippen molar-refractivity contribution >= 4 is 23.8 Å². The number of carbonyl (C=O) groups is 1. The summed E-state index contributed by atoms with van der Waals surface area (Å²) in [6, 6.07) is 20.5. The van der Waals surface area contributed by atoms with Crippen LogP contribution in [0.25, 0.3) is 11.4 Å². The molecule has 4 rings (SSSR count). The zero-order valence-electron chi connectivity index (χ0n) is 16.5. The molecule has 2 N–H and O–H groups in total. The standard InChI is InChI=1S/C23H24N4OS/c1-17(28)20-22(24-21(25-23(20)29)19-10-6-3-7-11-19)27-14-12-26(13-15-27)16-18-8-4-2-5-9-18/h2-11H,12-16H2,1H3,(H,24,25,29)/p+1. The molecule has 5 nitrogen and oxygen atoms in total. The number of H-pyrrole nitrogens is 1. The number of quaternary nitrogens is 1. The topological polar surface area (TPSA) is 53.4 Å². The Morgan fingerprint density at radius 2 is 1.69 bits per heavy atom. The lowest BCUT2D eigenvalue weighted by Crippen LogP contribution is -3.13. The average molecular weight is 406 g/mol. The molecule has 0 spiro atoms. The van der Waals surface area contributed by atoms with Crippen molar-refractivity contribution in [2.75, 3.05) is 31.1 Å². The van der Waals surface area contributed by atoms with E-state index in [4.69, 9.17) is 12.2 Å². The Hall–Kier alpha value is -2.83. The zero-order valence-corrected chi connectivity index (χ0v) is 17.3. The molecule has 0 unspecified atom stereocenters. The van der Waals surface area contributed by atoms with Gasteiger partial charge in [0.1, 0.15) is 22.8 Å². The lowest BCUT2D eigenvalue weighted by atomic mass is 10.1. The van der Waals surface area contributed by atoms with Crippen molar-refractivity contribution in [3.05, 3.63) is 76.4 Å². The van der Waals surface area contributed by atoms with Crippen molar-refractivity contribution in [3.63, 3.8) is 0 Å². The van der Waals surface area contributed by atoms with Crippen molar-refractivity contribution in [1.82, 2.24) is 9.97 Å². The quantitative estimate of drug-likeness (QED) is 0.506. The number of rotatable bonds is 5. The maximum Gasteiger partial charge on any atom is 0.166 e. The highest BCUT2D eigenvalue weighted by Gasteiger charge is 2.25. The molecule has 1 aliphatic rings. The molecule has 1 aliphatic heterocycles. The van der Waals surface area contributed by atoms with Crippen LogP contribution in [-0.2, 0) is 6.54 Å². The smallest absolute Gasteiger partial charge is 0.166 e. The lowest BCUT2D eigenvalue weighted by molar-refractivity contribution is -0.914. The van der Waals surface area contributed by atoms with E-state index in [1.54, 1.807) is 11.8 Å². The molecule has 3 aromatic rings. The predicted octanol–water partition coefficient (Wildman–Crippen LogP) is 2.91. The summed E-state index contributed by atoms with van der Waals surface area (Å²) in [5.41, 5.74) is 2.84. The number of aromatic nitrogens is 2. The summed E-state index contributed by atoms with van der Waals surface area (Å²) in [6.07, 6.45) is 0. The van der Waals surface area contributed by atoms with Gasteiger partial charge in [-0.2, -0.15) is 0 Å². The van der Waals surface area contributed by atoms with Crippen LogP contribution in [-0.4, -0.2) is 41.9 Å². The number of hydrogen-bond acceptors (Lipinski definition) is 4. The summed E-state index contributed by atoms with van der Waals surface area (Å²) in [4.78, 5) is 24.0. The third-order valence-corrected chi connectivity index (χ3v) is 5.68. The van der Waals surface area contributed by atoms with Crippen molar-refractivity contribution in [2.45, 2.75) is 13.5 Å². The van der Waals surface area contributed by atoms with Gasteiger partial charge in [-0.25, -0.2) is 4.98 Å². The highest BCUT2D eigenvalue weighted by Crippen LogP contribution is 2.24. The third kappa shape index (κ3) is 4.44. The minimum atomic E-state index is -0.0487. The van der Waals surface area contributed by atoms with E-state index in [1.165, 1.54) is 5.56 Å². The van der Waals surface area contributed by atoms with E-state index in [0.29, 0.717) is 16.0 Å². The van der Waals surface area contributed by atoms with E-state index in [1.807, 2.05) is 30.3 Å². The molecule has 0 bridgehead atoms. The molecular weight excluding hydrogens is 380 g/mol. The van der Waals surface area contributed by atoms with Gasteiger partial charge in [0.05, 0.1) is 31.7 Å². The Kier molecular flexibility index (Phi) is 5.83. The van der Waals surface area contributed by atoms with Gasteiger partial charge in [-0.05, 0) is 6.92 Å². The zero-order chi connectivity index (χ0) is 20.2. The molecule has 2 aromatic carbocycles. The summed E-state index contributed by atoms with van der Waals surface area (Å²) >= 11 is 5.50. The molecule has 6 heteroatoms. The third-order valence-electron chi connectivity index (χ3n) is 5.38.